The van der Waals surface area contributed by atoms with Gasteiger partial charge in [0, 0.05) is 30.7 Å². The standard InChI is InChI=1S/C20H23F2N5O4/c1-20(7-23)8-26(6-11(20)25-31-2)17-13(21)15(24)12-16(14(17)22)27(9-3-4-9)5-10(18(12)28)19(29)30/h5,9H,3-4,6-8,23-24H2,1-2H3,(H,29,30)/b25-11+/t20-/m1/s1. The Hall–Kier alpha value is -3.21. The van der Waals surface area contributed by atoms with Crippen LogP contribution in [0.4, 0.5) is 20.2 Å². The van der Waals surface area contributed by atoms with Gasteiger partial charge in [0.05, 0.1) is 28.8 Å². The highest BCUT2D eigenvalue weighted by atomic mass is 19.1. The number of nitrogens with zero attached hydrogens (tertiary/aromatic N) is 3. The highest BCUT2D eigenvalue weighted by Gasteiger charge is 2.43. The Labute approximate surface area is 175 Å². The van der Waals surface area contributed by atoms with Crippen molar-refractivity contribution in [3.05, 3.63) is 33.6 Å². The first kappa shape index (κ1) is 21.0. The molecule has 0 unspecified atom stereocenters. The number of oxime groups is 1. The molecule has 9 nitrogen and oxygen atoms in total. The molecule has 0 spiro atoms. The summed E-state index contributed by atoms with van der Waals surface area (Å²) in [5.74, 6) is -3.57. The van der Waals surface area contributed by atoms with Crippen LogP contribution in [0.15, 0.2) is 16.1 Å². The molecule has 5 N–H and O–H groups in total. The van der Waals surface area contributed by atoms with Crippen LogP contribution >= 0.6 is 0 Å². The molecule has 1 atom stereocenters. The van der Waals surface area contributed by atoms with Crippen LogP contribution in [0.25, 0.3) is 10.9 Å². The maximum Gasteiger partial charge on any atom is 0.341 e. The van der Waals surface area contributed by atoms with Crippen molar-refractivity contribution in [2.75, 3.05) is 37.4 Å². The van der Waals surface area contributed by atoms with E-state index in [2.05, 4.69) is 5.16 Å². The molecule has 2 aliphatic rings. The Morgan fingerprint density at radius 2 is 2.06 bits per heavy atom. The molecule has 2 fully saturated rings. The van der Waals surface area contributed by atoms with Gasteiger partial charge < -0.3 is 30.9 Å². The lowest BCUT2D eigenvalue weighted by atomic mass is 9.88. The minimum absolute atomic E-state index is 0.0567. The number of fused-ring (bicyclic) bond motifs is 1. The van der Waals surface area contributed by atoms with E-state index in [0.717, 1.165) is 6.20 Å². The van der Waals surface area contributed by atoms with Gasteiger partial charge in [-0.1, -0.05) is 12.1 Å². The summed E-state index contributed by atoms with van der Waals surface area (Å²) in [7, 11) is 1.37. The fourth-order valence-corrected chi connectivity index (χ4v) is 4.15. The van der Waals surface area contributed by atoms with E-state index in [0.29, 0.717) is 18.6 Å². The van der Waals surface area contributed by atoms with Gasteiger partial charge in [-0.15, -0.1) is 0 Å². The zero-order valence-corrected chi connectivity index (χ0v) is 17.1. The number of nitrogens with two attached hydrogens (primary N) is 2. The van der Waals surface area contributed by atoms with Crippen molar-refractivity contribution >= 4 is 34.0 Å². The van der Waals surface area contributed by atoms with E-state index in [1.54, 1.807) is 0 Å². The van der Waals surface area contributed by atoms with Gasteiger partial charge in [-0.2, -0.15) is 0 Å². The quantitative estimate of drug-likeness (QED) is 0.480. The third kappa shape index (κ3) is 3.11. The third-order valence-electron chi connectivity index (χ3n) is 6.08. The van der Waals surface area contributed by atoms with Crippen LogP contribution in [-0.4, -0.2) is 48.1 Å². The van der Waals surface area contributed by atoms with Gasteiger partial charge in [0.15, 0.2) is 11.6 Å². The first-order chi connectivity index (χ1) is 14.6. The topological polar surface area (TPSA) is 136 Å². The van der Waals surface area contributed by atoms with Crippen LogP contribution in [-0.2, 0) is 4.84 Å². The molecular weight excluding hydrogens is 412 g/mol. The van der Waals surface area contributed by atoms with E-state index < -0.39 is 50.8 Å². The predicted molar refractivity (Wildman–Crippen MR) is 112 cm³/mol. The van der Waals surface area contributed by atoms with E-state index in [1.165, 1.54) is 16.6 Å². The number of nitrogen functional groups attached to an aromatic ring is 1. The molecule has 31 heavy (non-hydrogen) atoms. The molecule has 1 saturated carbocycles. The number of hydrogen-bond acceptors (Lipinski definition) is 7. The summed E-state index contributed by atoms with van der Waals surface area (Å²) in [6, 6.07) is -0.188. The zero-order chi connectivity index (χ0) is 22.7. The molecule has 0 amide bonds. The first-order valence-corrected chi connectivity index (χ1v) is 9.78. The van der Waals surface area contributed by atoms with Gasteiger partial charge in [0.25, 0.3) is 0 Å². The number of halogens is 2. The lowest BCUT2D eigenvalue weighted by molar-refractivity contribution is 0.0695. The number of anilines is 2. The Bertz CT molecular complexity index is 1190. The van der Waals surface area contributed by atoms with Gasteiger partial charge in [-0.3, -0.25) is 4.79 Å². The number of carboxylic acids is 1. The summed E-state index contributed by atoms with van der Waals surface area (Å²) >= 11 is 0. The van der Waals surface area contributed by atoms with Crippen molar-refractivity contribution < 1.29 is 23.5 Å². The number of aromatic nitrogens is 1. The van der Waals surface area contributed by atoms with Gasteiger partial charge in [0.2, 0.25) is 5.43 Å². The number of carbonyl (C=O) groups is 1. The molecule has 11 heteroatoms. The van der Waals surface area contributed by atoms with Gasteiger partial charge >= 0.3 is 5.97 Å². The number of hydrogen-bond donors (Lipinski definition) is 3. The van der Waals surface area contributed by atoms with E-state index in [9.17, 15) is 14.7 Å². The molecule has 1 aliphatic heterocycles. The normalized spacial score (nSPS) is 22.5. The number of pyridine rings is 1. The second-order valence-corrected chi connectivity index (χ2v) is 8.27. The molecule has 4 rings (SSSR count). The maximum absolute atomic E-state index is 15.8. The molecule has 2 heterocycles. The average molecular weight is 435 g/mol. The Kier molecular flexibility index (Phi) is 4.88. The average Bonchev–Trinajstić information content (AvgIpc) is 3.51. The van der Waals surface area contributed by atoms with Crippen LogP contribution < -0.4 is 21.8 Å². The van der Waals surface area contributed by atoms with E-state index in [4.69, 9.17) is 16.3 Å². The molecule has 2 aromatic rings. The number of aromatic carboxylic acids is 1. The SMILES string of the molecule is CO/N=C1\CN(c2c(F)c(N)c3c(=O)c(C(=O)O)cn(C4CC4)c3c2F)C[C@@]1(C)CN. The van der Waals surface area contributed by atoms with E-state index >= 15 is 8.78 Å². The minimum atomic E-state index is -1.48. The van der Waals surface area contributed by atoms with Crippen molar-refractivity contribution in [2.45, 2.75) is 25.8 Å². The van der Waals surface area contributed by atoms with Crippen LogP contribution in [0, 0.1) is 17.0 Å². The van der Waals surface area contributed by atoms with Crippen molar-refractivity contribution in [1.82, 2.24) is 4.57 Å². The second-order valence-electron chi connectivity index (χ2n) is 8.27. The van der Waals surface area contributed by atoms with Crippen molar-refractivity contribution in [2.24, 2.45) is 16.3 Å². The fourth-order valence-electron chi connectivity index (χ4n) is 4.15. The van der Waals surface area contributed by atoms with E-state index in [-0.39, 0.29) is 31.2 Å². The largest absolute Gasteiger partial charge is 0.477 e. The third-order valence-corrected chi connectivity index (χ3v) is 6.08. The van der Waals surface area contributed by atoms with Gasteiger partial charge in [-0.25, -0.2) is 13.6 Å². The molecule has 1 aromatic carbocycles. The number of carboxylic acid groups (broad SMARTS) is 1. The summed E-state index contributed by atoms with van der Waals surface area (Å²) in [4.78, 5) is 30.6. The first-order valence-electron chi connectivity index (χ1n) is 9.78. The summed E-state index contributed by atoms with van der Waals surface area (Å²) < 4.78 is 32.6. The lowest BCUT2D eigenvalue weighted by Crippen LogP contribution is -2.36. The van der Waals surface area contributed by atoms with Crippen LogP contribution in [0.1, 0.15) is 36.2 Å². The number of rotatable bonds is 5. The molecule has 1 saturated heterocycles. The molecule has 166 valence electrons. The number of benzene rings is 1. The van der Waals surface area contributed by atoms with E-state index in [1.807, 2.05) is 6.92 Å². The smallest absolute Gasteiger partial charge is 0.341 e. The van der Waals surface area contributed by atoms with Crippen molar-refractivity contribution in [1.29, 1.82) is 0 Å². The van der Waals surface area contributed by atoms with Gasteiger partial charge in [-0.05, 0) is 12.8 Å². The second kappa shape index (κ2) is 7.19. The summed E-state index contributed by atoms with van der Waals surface area (Å²) in [5.41, 5.74) is 8.91. The Morgan fingerprint density at radius 3 is 2.61 bits per heavy atom. The fraction of sp³-hybridized carbons (Fsp3) is 0.450. The molecule has 0 bridgehead atoms. The Balaban J connectivity index is 2.00. The molecule has 1 aromatic heterocycles. The monoisotopic (exact) mass is 435 g/mol. The van der Waals surface area contributed by atoms with Crippen LogP contribution in [0.5, 0.6) is 0 Å². The van der Waals surface area contributed by atoms with Crippen LogP contribution in [0.3, 0.4) is 0 Å². The zero-order valence-electron chi connectivity index (χ0n) is 17.1. The molecule has 1 aliphatic carbocycles. The highest BCUT2D eigenvalue weighted by molar-refractivity contribution is 6.02. The maximum atomic E-state index is 15.8. The van der Waals surface area contributed by atoms with Crippen LogP contribution in [0.2, 0.25) is 0 Å². The van der Waals surface area contributed by atoms with Crippen molar-refractivity contribution in [3.63, 3.8) is 0 Å². The molecule has 0 radical (unpaired) electrons. The summed E-state index contributed by atoms with van der Waals surface area (Å²) in [6.45, 7) is 2.20. The predicted octanol–water partition coefficient (Wildman–Crippen LogP) is 1.68. The lowest BCUT2D eigenvalue weighted by Gasteiger charge is -2.25. The van der Waals surface area contributed by atoms with Gasteiger partial charge in [0.1, 0.15) is 18.4 Å². The highest BCUT2D eigenvalue weighted by Crippen LogP contribution is 2.43. The minimum Gasteiger partial charge on any atom is -0.477 e. The summed E-state index contributed by atoms with van der Waals surface area (Å²) in [6.07, 6.45) is 2.48. The summed E-state index contributed by atoms with van der Waals surface area (Å²) in [5, 5.41) is 12.9. The molecular formula is C20H23F2N5O4. The Morgan fingerprint density at radius 1 is 1.39 bits per heavy atom. The van der Waals surface area contributed by atoms with Crippen molar-refractivity contribution in [3.8, 4) is 0 Å².